The van der Waals surface area contributed by atoms with Gasteiger partial charge >= 0.3 is 0 Å². The molecular weight excluding hydrogens is 212 g/mol. The van der Waals surface area contributed by atoms with Gasteiger partial charge in [0, 0.05) is 18.1 Å². The fourth-order valence-corrected chi connectivity index (χ4v) is 1.10. The quantitative estimate of drug-likeness (QED) is 0.563. The number of ketones is 1. The van der Waals surface area contributed by atoms with Crippen LogP contribution in [0.1, 0.15) is 13.8 Å². The summed E-state index contributed by atoms with van der Waals surface area (Å²) < 4.78 is 1.06. The Labute approximate surface area is 91.7 Å². The van der Waals surface area contributed by atoms with Crippen molar-refractivity contribution in [3.8, 4) is 0 Å². The van der Waals surface area contributed by atoms with Crippen LogP contribution in [0.25, 0.3) is 0 Å². The van der Waals surface area contributed by atoms with Crippen molar-refractivity contribution in [1.29, 1.82) is 0 Å². The Bertz CT molecular complexity index is 476. The zero-order chi connectivity index (χ0) is 12.3. The van der Waals surface area contributed by atoms with E-state index < -0.39 is 10.5 Å². The topological polar surface area (TPSA) is 82.2 Å². The Balaban J connectivity index is 3.04. The summed E-state index contributed by atoms with van der Waals surface area (Å²) in [6, 6.07) is 2.21. The van der Waals surface area contributed by atoms with Gasteiger partial charge < -0.3 is 4.57 Å². The Hall–Kier alpha value is -1.98. The van der Waals surface area contributed by atoms with Crippen molar-refractivity contribution in [2.45, 2.75) is 20.4 Å². The summed E-state index contributed by atoms with van der Waals surface area (Å²) in [4.78, 5) is 32.6. The number of hydrogen-bond acceptors (Lipinski definition) is 4. The van der Waals surface area contributed by atoms with Crippen LogP contribution in [0.2, 0.25) is 0 Å². The zero-order valence-electron chi connectivity index (χ0n) is 9.04. The third kappa shape index (κ3) is 2.75. The molecule has 0 aliphatic rings. The maximum atomic E-state index is 11.4. The van der Waals surface area contributed by atoms with Crippen molar-refractivity contribution in [2.75, 3.05) is 0 Å². The minimum atomic E-state index is -0.601. The van der Waals surface area contributed by atoms with Gasteiger partial charge in [-0.25, -0.2) is 0 Å². The van der Waals surface area contributed by atoms with Crippen LogP contribution in [0.4, 0.5) is 5.69 Å². The summed E-state index contributed by atoms with van der Waals surface area (Å²) in [5.41, 5.74) is -0.615. The molecule has 0 spiro atoms. The number of pyridine rings is 1. The van der Waals surface area contributed by atoms with Gasteiger partial charge in [0.05, 0.1) is 17.7 Å². The summed E-state index contributed by atoms with van der Waals surface area (Å²) >= 11 is 0. The predicted molar refractivity (Wildman–Crippen MR) is 57.2 cm³/mol. The molecule has 0 saturated carbocycles. The Morgan fingerprint density at radius 1 is 1.50 bits per heavy atom. The molecule has 1 aromatic rings. The molecule has 0 aliphatic carbocycles. The lowest BCUT2D eigenvalue weighted by Crippen LogP contribution is -2.25. The highest BCUT2D eigenvalue weighted by atomic mass is 16.6. The SMILES string of the molecule is CC(C)C(=O)Cn1cc([N+](=O)[O-])ccc1=O. The average molecular weight is 224 g/mol. The number of carbonyl (C=O) groups excluding carboxylic acids is 1. The van der Waals surface area contributed by atoms with Crippen molar-refractivity contribution < 1.29 is 9.72 Å². The lowest BCUT2D eigenvalue weighted by Gasteiger charge is -2.06. The molecule has 0 aliphatic heterocycles. The normalized spacial score (nSPS) is 10.4. The molecule has 6 nitrogen and oxygen atoms in total. The van der Waals surface area contributed by atoms with Gasteiger partial charge in [-0.15, -0.1) is 0 Å². The molecule has 1 aromatic heterocycles. The van der Waals surface area contributed by atoms with Crippen LogP contribution >= 0.6 is 0 Å². The van der Waals surface area contributed by atoms with E-state index in [9.17, 15) is 19.7 Å². The molecule has 0 radical (unpaired) electrons. The van der Waals surface area contributed by atoms with Crippen LogP contribution in [0.3, 0.4) is 0 Å². The van der Waals surface area contributed by atoms with Crippen LogP contribution < -0.4 is 5.56 Å². The van der Waals surface area contributed by atoms with E-state index >= 15 is 0 Å². The number of Topliss-reactive ketones (excluding diaryl/α,β-unsaturated/α-hetero) is 1. The molecule has 0 aromatic carbocycles. The first-order valence-corrected chi connectivity index (χ1v) is 4.79. The lowest BCUT2D eigenvalue weighted by atomic mass is 10.1. The summed E-state index contributed by atoms with van der Waals surface area (Å²) in [7, 11) is 0. The standard InChI is InChI=1S/C10H12N2O4/c1-7(2)9(13)6-11-5-8(12(15)16)3-4-10(11)14/h3-5,7H,6H2,1-2H3. The fraction of sp³-hybridized carbons (Fsp3) is 0.400. The van der Waals surface area contributed by atoms with Crippen molar-refractivity contribution in [1.82, 2.24) is 4.57 Å². The maximum Gasteiger partial charge on any atom is 0.285 e. The minimum absolute atomic E-state index is 0.127. The van der Waals surface area contributed by atoms with Crippen LogP contribution in [0.15, 0.2) is 23.1 Å². The van der Waals surface area contributed by atoms with E-state index in [0.717, 1.165) is 22.9 Å². The van der Waals surface area contributed by atoms with E-state index in [-0.39, 0.29) is 23.9 Å². The monoisotopic (exact) mass is 224 g/mol. The van der Waals surface area contributed by atoms with Gasteiger partial charge in [0.15, 0.2) is 5.78 Å². The second-order valence-corrected chi connectivity index (χ2v) is 3.73. The number of aromatic nitrogens is 1. The number of carbonyl (C=O) groups is 1. The number of nitrogens with zero attached hydrogens (tertiary/aromatic N) is 2. The van der Waals surface area contributed by atoms with E-state index in [4.69, 9.17) is 0 Å². The fourth-order valence-electron chi connectivity index (χ4n) is 1.10. The van der Waals surface area contributed by atoms with Crippen molar-refractivity contribution >= 4 is 11.5 Å². The molecule has 86 valence electrons. The first-order chi connectivity index (χ1) is 7.41. The molecule has 0 unspecified atom stereocenters. The predicted octanol–water partition coefficient (Wildman–Crippen LogP) is 0.982. The van der Waals surface area contributed by atoms with Gasteiger partial charge in [0.25, 0.3) is 11.2 Å². The Kier molecular flexibility index (Phi) is 3.55. The lowest BCUT2D eigenvalue weighted by molar-refractivity contribution is -0.385. The molecule has 1 rings (SSSR count). The number of hydrogen-bond donors (Lipinski definition) is 0. The molecule has 16 heavy (non-hydrogen) atoms. The largest absolute Gasteiger partial charge is 0.301 e. The maximum absolute atomic E-state index is 11.4. The molecule has 0 amide bonds. The minimum Gasteiger partial charge on any atom is -0.301 e. The van der Waals surface area contributed by atoms with E-state index in [1.54, 1.807) is 13.8 Å². The van der Waals surface area contributed by atoms with E-state index in [1.165, 1.54) is 0 Å². The molecule has 1 heterocycles. The first kappa shape index (κ1) is 12.1. The molecule has 0 N–H and O–H groups in total. The molecule has 0 fully saturated rings. The highest BCUT2D eigenvalue weighted by molar-refractivity contribution is 5.80. The van der Waals surface area contributed by atoms with Crippen LogP contribution in [0.5, 0.6) is 0 Å². The molecule has 6 heteroatoms. The second-order valence-electron chi connectivity index (χ2n) is 3.73. The number of rotatable bonds is 4. The molecular formula is C10H12N2O4. The molecule has 0 bridgehead atoms. The van der Waals surface area contributed by atoms with Gasteiger partial charge in [0.1, 0.15) is 0 Å². The highest BCUT2D eigenvalue weighted by Gasteiger charge is 2.12. The van der Waals surface area contributed by atoms with Crippen molar-refractivity contribution in [3.05, 3.63) is 38.8 Å². The molecule has 0 saturated heterocycles. The van der Waals surface area contributed by atoms with Gasteiger partial charge in [-0.05, 0) is 0 Å². The average Bonchev–Trinajstić information content (AvgIpc) is 2.20. The van der Waals surface area contributed by atoms with E-state index in [0.29, 0.717) is 0 Å². The van der Waals surface area contributed by atoms with Gasteiger partial charge in [-0.2, -0.15) is 0 Å². The van der Waals surface area contributed by atoms with E-state index in [1.807, 2.05) is 0 Å². The summed E-state index contributed by atoms with van der Waals surface area (Å²) in [6.07, 6.45) is 1.09. The van der Waals surface area contributed by atoms with Crippen LogP contribution in [0, 0.1) is 16.0 Å². The summed E-state index contributed by atoms with van der Waals surface area (Å²) in [5, 5.41) is 10.5. The van der Waals surface area contributed by atoms with Gasteiger partial charge in [-0.3, -0.25) is 19.7 Å². The molecule has 0 atom stereocenters. The van der Waals surface area contributed by atoms with Crippen LogP contribution in [-0.4, -0.2) is 15.3 Å². The van der Waals surface area contributed by atoms with Crippen molar-refractivity contribution in [2.24, 2.45) is 5.92 Å². The third-order valence-electron chi connectivity index (χ3n) is 2.15. The summed E-state index contributed by atoms with van der Waals surface area (Å²) in [6.45, 7) is 3.30. The summed E-state index contributed by atoms with van der Waals surface area (Å²) in [5.74, 6) is -0.339. The number of nitro groups is 1. The Morgan fingerprint density at radius 3 is 2.62 bits per heavy atom. The van der Waals surface area contributed by atoms with Gasteiger partial charge in [-0.1, -0.05) is 13.8 Å². The second kappa shape index (κ2) is 4.69. The smallest absolute Gasteiger partial charge is 0.285 e. The Morgan fingerprint density at radius 2 is 2.12 bits per heavy atom. The van der Waals surface area contributed by atoms with E-state index in [2.05, 4.69) is 0 Å². The van der Waals surface area contributed by atoms with Gasteiger partial charge in [0.2, 0.25) is 0 Å². The van der Waals surface area contributed by atoms with Crippen LogP contribution in [-0.2, 0) is 11.3 Å². The third-order valence-corrected chi connectivity index (χ3v) is 2.15. The zero-order valence-corrected chi connectivity index (χ0v) is 9.04. The first-order valence-electron chi connectivity index (χ1n) is 4.79. The van der Waals surface area contributed by atoms with Crippen molar-refractivity contribution in [3.63, 3.8) is 0 Å². The highest BCUT2D eigenvalue weighted by Crippen LogP contribution is 2.07.